The van der Waals surface area contributed by atoms with E-state index in [1.54, 1.807) is 4.90 Å². The Morgan fingerprint density at radius 2 is 2.12 bits per heavy atom. The lowest BCUT2D eigenvalue weighted by atomic mass is 9.69. The number of ether oxygens (including phenoxy) is 2. The van der Waals surface area contributed by atoms with E-state index < -0.39 is 5.41 Å². The molecule has 6 heteroatoms. The van der Waals surface area contributed by atoms with Gasteiger partial charge < -0.3 is 14.4 Å². The average Bonchev–Trinajstić information content (AvgIpc) is 3.47. The summed E-state index contributed by atoms with van der Waals surface area (Å²) >= 11 is 3.33. The molecule has 2 aliphatic heterocycles. The van der Waals surface area contributed by atoms with Gasteiger partial charge in [0.05, 0.1) is 6.10 Å². The number of halogens is 1. The van der Waals surface area contributed by atoms with Crippen LogP contribution in [-0.4, -0.2) is 40.9 Å². The summed E-state index contributed by atoms with van der Waals surface area (Å²) in [6, 6.07) is 9.66. The lowest BCUT2D eigenvalue weighted by Crippen LogP contribution is -2.53. The predicted molar refractivity (Wildman–Crippen MR) is 99.4 cm³/mol. The van der Waals surface area contributed by atoms with E-state index in [0.717, 1.165) is 24.1 Å². The SMILES string of the molecule is O=C(CCBr)N1CCC[C@]2(C(=O)OCc3ccccc3)C1=CC[C@H]1O[C@H]12. The van der Waals surface area contributed by atoms with Crippen molar-refractivity contribution < 1.29 is 19.1 Å². The van der Waals surface area contributed by atoms with Crippen LogP contribution in [0.4, 0.5) is 0 Å². The fraction of sp³-hybridized carbons (Fsp3) is 0.500. The smallest absolute Gasteiger partial charge is 0.321 e. The maximum Gasteiger partial charge on any atom is 0.321 e. The molecule has 1 amide bonds. The number of piperidine rings is 1. The Morgan fingerprint density at radius 3 is 2.88 bits per heavy atom. The molecule has 0 spiro atoms. The van der Waals surface area contributed by atoms with Crippen molar-refractivity contribution in [3.05, 3.63) is 47.7 Å². The van der Waals surface area contributed by atoms with E-state index in [-0.39, 0.29) is 30.7 Å². The number of epoxide rings is 1. The average molecular weight is 420 g/mol. The van der Waals surface area contributed by atoms with Crippen molar-refractivity contribution in [2.75, 3.05) is 11.9 Å². The molecule has 2 saturated heterocycles. The largest absolute Gasteiger partial charge is 0.460 e. The number of fused-ring (bicyclic) bond motifs is 3. The number of carbonyl (C=O) groups excluding carboxylic acids is 2. The molecule has 26 heavy (non-hydrogen) atoms. The standard InChI is InChI=1S/C20H22BrNO4/c21-11-9-17(23)22-12-4-10-20(16(22)8-7-15-18(20)26-15)19(24)25-13-14-5-2-1-3-6-14/h1-3,5-6,8,15,18H,4,7,9-13H2/t15-,18-,20+/m1/s1. The maximum absolute atomic E-state index is 13.2. The summed E-state index contributed by atoms with van der Waals surface area (Å²) in [6.45, 7) is 0.893. The van der Waals surface area contributed by atoms with Gasteiger partial charge >= 0.3 is 5.97 Å². The normalized spacial score (nSPS) is 29.3. The lowest BCUT2D eigenvalue weighted by Gasteiger charge is -2.44. The molecule has 1 aromatic rings. The minimum atomic E-state index is -0.835. The van der Waals surface area contributed by atoms with Crippen molar-refractivity contribution in [2.24, 2.45) is 5.41 Å². The third-order valence-corrected chi connectivity index (χ3v) is 5.90. The summed E-state index contributed by atoms with van der Waals surface area (Å²) < 4.78 is 11.5. The number of amides is 1. The molecule has 138 valence electrons. The van der Waals surface area contributed by atoms with Crippen LogP contribution < -0.4 is 0 Å². The Hall–Kier alpha value is -1.66. The van der Waals surface area contributed by atoms with Gasteiger partial charge in [0, 0.05) is 24.0 Å². The van der Waals surface area contributed by atoms with Gasteiger partial charge in [-0.1, -0.05) is 52.3 Å². The first kappa shape index (κ1) is 17.7. The van der Waals surface area contributed by atoms with Crippen molar-refractivity contribution >= 4 is 27.8 Å². The monoisotopic (exact) mass is 419 g/mol. The highest BCUT2D eigenvalue weighted by atomic mass is 79.9. The molecule has 0 aromatic heterocycles. The van der Waals surface area contributed by atoms with Gasteiger partial charge in [-0.2, -0.15) is 0 Å². The quantitative estimate of drug-likeness (QED) is 0.417. The van der Waals surface area contributed by atoms with Crippen LogP contribution in [0.25, 0.3) is 0 Å². The number of nitrogens with zero attached hydrogens (tertiary/aromatic N) is 1. The Bertz CT molecular complexity index is 735. The highest BCUT2D eigenvalue weighted by molar-refractivity contribution is 9.09. The topological polar surface area (TPSA) is 59.1 Å². The second-order valence-electron chi connectivity index (χ2n) is 7.04. The van der Waals surface area contributed by atoms with E-state index in [0.29, 0.717) is 24.7 Å². The summed E-state index contributed by atoms with van der Waals surface area (Å²) in [7, 11) is 0. The molecule has 0 N–H and O–H groups in total. The van der Waals surface area contributed by atoms with E-state index >= 15 is 0 Å². The molecular weight excluding hydrogens is 398 g/mol. The minimum absolute atomic E-state index is 0.0483. The minimum Gasteiger partial charge on any atom is -0.460 e. The number of carbonyl (C=O) groups is 2. The molecule has 0 radical (unpaired) electrons. The van der Waals surface area contributed by atoms with E-state index in [1.165, 1.54) is 0 Å². The van der Waals surface area contributed by atoms with Gasteiger partial charge in [0.2, 0.25) is 5.91 Å². The van der Waals surface area contributed by atoms with Crippen molar-refractivity contribution in [2.45, 2.75) is 44.5 Å². The molecule has 1 aromatic carbocycles. The highest BCUT2D eigenvalue weighted by Gasteiger charge is 2.65. The van der Waals surface area contributed by atoms with Gasteiger partial charge in [0.25, 0.3) is 0 Å². The van der Waals surface area contributed by atoms with Gasteiger partial charge in [-0.05, 0) is 24.8 Å². The van der Waals surface area contributed by atoms with E-state index in [9.17, 15) is 9.59 Å². The molecule has 2 heterocycles. The summed E-state index contributed by atoms with van der Waals surface area (Å²) in [5.41, 5.74) is 0.916. The van der Waals surface area contributed by atoms with Gasteiger partial charge in [-0.25, -0.2) is 0 Å². The number of hydrogen-bond donors (Lipinski definition) is 0. The Kier molecular flexibility index (Phi) is 4.88. The fourth-order valence-electron chi connectivity index (χ4n) is 4.22. The Morgan fingerprint density at radius 1 is 1.31 bits per heavy atom. The van der Waals surface area contributed by atoms with Gasteiger partial charge in [0.1, 0.15) is 18.1 Å². The molecule has 3 aliphatic rings. The summed E-state index contributed by atoms with van der Waals surface area (Å²) in [6.07, 6.45) is 4.56. The number of rotatable bonds is 5. The zero-order chi connectivity index (χ0) is 18.1. The van der Waals surface area contributed by atoms with Gasteiger partial charge in [0.15, 0.2) is 0 Å². The third kappa shape index (κ3) is 2.99. The van der Waals surface area contributed by atoms with Crippen molar-refractivity contribution in [3.63, 3.8) is 0 Å². The lowest BCUT2D eigenvalue weighted by molar-refractivity contribution is -0.160. The third-order valence-electron chi connectivity index (χ3n) is 5.50. The van der Waals surface area contributed by atoms with Gasteiger partial charge in [-0.15, -0.1) is 0 Å². The maximum atomic E-state index is 13.2. The zero-order valence-corrected chi connectivity index (χ0v) is 16.1. The van der Waals surface area contributed by atoms with Crippen molar-refractivity contribution in [1.82, 2.24) is 4.90 Å². The molecule has 0 bridgehead atoms. The van der Waals surface area contributed by atoms with Crippen molar-refractivity contribution in [3.8, 4) is 0 Å². The van der Waals surface area contributed by atoms with Crippen LogP contribution in [0.3, 0.4) is 0 Å². The zero-order valence-electron chi connectivity index (χ0n) is 14.5. The van der Waals surface area contributed by atoms with Crippen LogP contribution in [0.15, 0.2) is 42.1 Å². The fourth-order valence-corrected chi connectivity index (χ4v) is 4.56. The summed E-state index contributed by atoms with van der Waals surface area (Å²) in [5, 5.41) is 0.615. The number of alkyl halides is 1. The number of benzene rings is 1. The molecule has 4 rings (SSSR count). The Labute approximate surface area is 161 Å². The van der Waals surface area contributed by atoms with Crippen LogP contribution in [0.1, 0.15) is 31.2 Å². The molecular formula is C20H22BrNO4. The van der Waals surface area contributed by atoms with Crippen LogP contribution in [-0.2, 0) is 25.7 Å². The number of likely N-dealkylation sites (tertiary alicyclic amines) is 1. The summed E-state index contributed by atoms with van der Waals surface area (Å²) in [5.74, 6) is -0.219. The predicted octanol–water partition coefficient (Wildman–Crippen LogP) is 3.18. The van der Waals surface area contributed by atoms with Crippen LogP contribution in [0.2, 0.25) is 0 Å². The summed E-state index contributed by atoms with van der Waals surface area (Å²) in [4.78, 5) is 27.6. The molecule has 3 atom stereocenters. The Balaban J connectivity index is 1.58. The second kappa shape index (κ2) is 7.16. The first-order chi connectivity index (χ1) is 12.7. The van der Waals surface area contributed by atoms with E-state index in [2.05, 4.69) is 15.9 Å². The molecule has 0 saturated carbocycles. The first-order valence-electron chi connectivity index (χ1n) is 9.10. The van der Waals surface area contributed by atoms with Crippen molar-refractivity contribution in [1.29, 1.82) is 0 Å². The van der Waals surface area contributed by atoms with Crippen LogP contribution in [0, 0.1) is 5.41 Å². The molecule has 0 unspecified atom stereocenters. The molecule has 1 aliphatic carbocycles. The highest BCUT2D eigenvalue weighted by Crippen LogP contribution is 2.55. The van der Waals surface area contributed by atoms with Gasteiger partial charge in [-0.3, -0.25) is 9.59 Å². The van der Waals surface area contributed by atoms with Crippen LogP contribution in [0.5, 0.6) is 0 Å². The molecule has 2 fully saturated rings. The van der Waals surface area contributed by atoms with Crippen LogP contribution >= 0.6 is 15.9 Å². The van der Waals surface area contributed by atoms with E-state index in [4.69, 9.17) is 9.47 Å². The first-order valence-corrected chi connectivity index (χ1v) is 10.2. The van der Waals surface area contributed by atoms with E-state index in [1.807, 2.05) is 36.4 Å². The molecule has 5 nitrogen and oxygen atoms in total. The number of esters is 1. The number of hydrogen-bond acceptors (Lipinski definition) is 4. The second-order valence-corrected chi connectivity index (χ2v) is 7.83.